The van der Waals surface area contributed by atoms with Gasteiger partial charge in [0.2, 0.25) is 0 Å². The second-order valence-corrected chi connectivity index (χ2v) is 5.07. The van der Waals surface area contributed by atoms with Gasteiger partial charge in [0, 0.05) is 31.7 Å². The molecule has 5 heteroatoms. The first-order chi connectivity index (χ1) is 9.27. The molecule has 1 aromatic carbocycles. The van der Waals surface area contributed by atoms with Gasteiger partial charge in [-0.15, -0.1) is 0 Å². The molecule has 2 N–H and O–H groups in total. The van der Waals surface area contributed by atoms with Crippen molar-refractivity contribution in [3.05, 3.63) is 23.8 Å². The highest BCUT2D eigenvalue weighted by Gasteiger charge is 2.31. The molecule has 0 aromatic heterocycles. The number of aliphatic hydroxyl groups is 1. The van der Waals surface area contributed by atoms with Crippen molar-refractivity contribution >= 4 is 0 Å². The van der Waals surface area contributed by atoms with Gasteiger partial charge in [0.1, 0.15) is 18.8 Å². The molecule has 0 amide bonds. The molecule has 104 valence electrons. The molecule has 2 aliphatic heterocycles. The van der Waals surface area contributed by atoms with Crippen LogP contribution in [-0.2, 0) is 11.3 Å². The van der Waals surface area contributed by atoms with Crippen molar-refractivity contribution in [1.29, 1.82) is 0 Å². The minimum atomic E-state index is -0.730. The minimum absolute atomic E-state index is 0.409. The summed E-state index contributed by atoms with van der Waals surface area (Å²) < 4.78 is 16.4. The zero-order chi connectivity index (χ0) is 13.1. The molecule has 0 spiro atoms. The van der Waals surface area contributed by atoms with E-state index in [1.807, 2.05) is 18.2 Å². The van der Waals surface area contributed by atoms with E-state index in [-0.39, 0.29) is 0 Å². The number of nitrogens with one attached hydrogen (secondary N) is 1. The summed E-state index contributed by atoms with van der Waals surface area (Å²) in [5, 5.41) is 13.4. The second-order valence-electron chi connectivity index (χ2n) is 5.07. The van der Waals surface area contributed by atoms with Gasteiger partial charge in [0.25, 0.3) is 0 Å². The monoisotopic (exact) mass is 265 g/mol. The zero-order valence-corrected chi connectivity index (χ0v) is 10.9. The standard InChI is InChI=1S/C14H19NO4/c16-14(4-5-17-10-14)9-15-8-11-2-1-3-12-13(11)19-7-6-18-12/h1-3,15-16H,4-10H2. The molecule has 3 rings (SSSR count). The van der Waals surface area contributed by atoms with E-state index in [0.717, 1.165) is 17.1 Å². The maximum atomic E-state index is 10.2. The Balaban J connectivity index is 1.61. The Morgan fingerprint density at radius 3 is 2.95 bits per heavy atom. The van der Waals surface area contributed by atoms with E-state index >= 15 is 0 Å². The number of benzene rings is 1. The van der Waals surface area contributed by atoms with Crippen LogP contribution in [0.2, 0.25) is 0 Å². The number of hydrogen-bond donors (Lipinski definition) is 2. The van der Waals surface area contributed by atoms with Crippen molar-refractivity contribution in [2.45, 2.75) is 18.6 Å². The second kappa shape index (κ2) is 5.36. The normalized spacial score (nSPS) is 25.5. The lowest BCUT2D eigenvalue weighted by Gasteiger charge is -2.23. The molecule has 19 heavy (non-hydrogen) atoms. The average Bonchev–Trinajstić information content (AvgIpc) is 2.86. The lowest BCUT2D eigenvalue weighted by atomic mass is 10.0. The van der Waals surface area contributed by atoms with E-state index in [0.29, 0.717) is 45.9 Å². The summed E-state index contributed by atoms with van der Waals surface area (Å²) in [6.45, 7) is 3.40. The highest BCUT2D eigenvalue weighted by Crippen LogP contribution is 2.33. The van der Waals surface area contributed by atoms with E-state index in [1.165, 1.54) is 0 Å². The fourth-order valence-corrected chi connectivity index (χ4v) is 2.44. The molecule has 0 saturated carbocycles. The van der Waals surface area contributed by atoms with Gasteiger partial charge in [-0.25, -0.2) is 0 Å². The van der Waals surface area contributed by atoms with E-state index in [1.54, 1.807) is 0 Å². The third-order valence-corrected chi connectivity index (χ3v) is 3.50. The Labute approximate surface area is 112 Å². The Morgan fingerprint density at radius 2 is 2.11 bits per heavy atom. The fraction of sp³-hybridized carbons (Fsp3) is 0.571. The molecule has 1 aromatic rings. The highest BCUT2D eigenvalue weighted by molar-refractivity contribution is 5.47. The largest absolute Gasteiger partial charge is 0.486 e. The van der Waals surface area contributed by atoms with Crippen LogP contribution in [0.15, 0.2) is 18.2 Å². The zero-order valence-electron chi connectivity index (χ0n) is 10.9. The minimum Gasteiger partial charge on any atom is -0.486 e. The number of hydrogen-bond acceptors (Lipinski definition) is 5. The molecule has 0 radical (unpaired) electrons. The van der Waals surface area contributed by atoms with E-state index in [4.69, 9.17) is 14.2 Å². The smallest absolute Gasteiger partial charge is 0.165 e. The Morgan fingerprint density at radius 1 is 1.21 bits per heavy atom. The molecule has 2 heterocycles. The van der Waals surface area contributed by atoms with Gasteiger partial charge in [0.05, 0.1) is 6.61 Å². The van der Waals surface area contributed by atoms with Gasteiger partial charge in [-0.05, 0) is 6.07 Å². The Kier molecular flexibility index (Phi) is 3.59. The molecule has 1 atom stereocenters. The maximum Gasteiger partial charge on any atom is 0.165 e. The van der Waals surface area contributed by atoms with Crippen molar-refractivity contribution in [2.24, 2.45) is 0 Å². The number of fused-ring (bicyclic) bond motifs is 1. The Bertz CT molecular complexity index is 443. The van der Waals surface area contributed by atoms with Crippen LogP contribution in [0, 0.1) is 0 Å². The Hall–Kier alpha value is -1.30. The lowest BCUT2D eigenvalue weighted by Crippen LogP contribution is -2.40. The quantitative estimate of drug-likeness (QED) is 0.839. The van der Waals surface area contributed by atoms with Crippen LogP contribution in [-0.4, -0.2) is 43.7 Å². The van der Waals surface area contributed by atoms with Crippen LogP contribution in [0.25, 0.3) is 0 Å². The van der Waals surface area contributed by atoms with Crippen molar-refractivity contribution in [1.82, 2.24) is 5.32 Å². The molecule has 2 aliphatic rings. The first-order valence-electron chi connectivity index (χ1n) is 6.65. The molecule has 5 nitrogen and oxygen atoms in total. The van der Waals surface area contributed by atoms with Gasteiger partial charge < -0.3 is 24.6 Å². The summed E-state index contributed by atoms with van der Waals surface area (Å²) in [4.78, 5) is 0. The SMILES string of the molecule is OC1(CNCc2cccc3c2OCCO3)CCOC1. The first-order valence-corrected chi connectivity index (χ1v) is 6.65. The summed E-state index contributed by atoms with van der Waals surface area (Å²) in [5.41, 5.74) is 0.325. The maximum absolute atomic E-state index is 10.2. The average molecular weight is 265 g/mol. The van der Waals surface area contributed by atoms with Gasteiger partial charge in [-0.2, -0.15) is 0 Å². The first kappa shape index (κ1) is 12.7. The molecule has 1 unspecified atom stereocenters. The predicted molar refractivity (Wildman–Crippen MR) is 69.5 cm³/mol. The topological polar surface area (TPSA) is 60.0 Å². The number of ether oxygens (including phenoxy) is 3. The van der Waals surface area contributed by atoms with Gasteiger partial charge in [-0.3, -0.25) is 0 Å². The van der Waals surface area contributed by atoms with Crippen molar-refractivity contribution < 1.29 is 19.3 Å². The molecule has 0 bridgehead atoms. The molecular formula is C14H19NO4. The summed E-state index contributed by atoms with van der Waals surface area (Å²) in [6, 6.07) is 5.88. The molecule has 1 saturated heterocycles. The van der Waals surface area contributed by atoms with E-state index in [2.05, 4.69) is 5.32 Å². The summed E-state index contributed by atoms with van der Waals surface area (Å²) >= 11 is 0. The van der Waals surface area contributed by atoms with E-state index < -0.39 is 5.60 Å². The third kappa shape index (κ3) is 2.83. The molecule has 1 fully saturated rings. The van der Waals surface area contributed by atoms with Gasteiger partial charge in [-0.1, -0.05) is 12.1 Å². The molecule has 0 aliphatic carbocycles. The van der Waals surface area contributed by atoms with Crippen LogP contribution < -0.4 is 14.8 Å². The lowest BCUT2D eigenvalue weighted by molar-refractivity contribution is 0.0268. The summed E-state index contributed by atoms with van der Waals surface area (Å²) in [7, 11) is 0. The van der Waals surface area contributed by atoms with E-state index in [9.17, 15) is 5.11 Å². The van der Waals surface area contributed by atoms with Crippen LogP contribution >= 0.6 is 0 Å². The molecular weight excluding hydrogens is 246 g/mol. The van der Waals surface area contributed by atoms with Crippen molar-refractivity contribution in [3.8, 4) is 11.5 Å². The van der Waals surface area contributed by atoms with Crippen molar-refractivity contribution in [3.63, 3.8) is 0 Å². The fourth-order valence-electron chi connectivity index (χ4n) is 2.44. The number of rotatable bonds is 4. The predicted octanol–water partition coefficient (Wildman–Crippen LogP) is 0.699. The van der Waals surface area contributed by atoms with Gasteiger partial charge >= 0.3 is 0 Å². The highest BCUT2D eigenvalue weighted by atomic mass is 16.6. The third-order valence-electron chi connectivity index (χ3n) is 3.50. The number of para-hydroxylation sites is 1. The van der Waals surface area contributed by atoms with Crippen molar-refractivity contribution in [2.75, 3.05) is 33.0 Å². The van der Waals surface area contributed by atoms with Crippen LogP contribution in [0.1, 0.15) is 12.0 Å². The van der Waals surface area contributed by atoms with Crippen LogP contribution in [0.3, 0.4) is 0 Å². The van der Waals surface area contributed by atoms with Crippen LogP contribution in [0.4, 0.5) is 0 Å². The summed E-state index contributed by atoms with van der Waals surface area (Å²) in [5.74, 6) is 1.62. The van der Waals surface area contributed by atoms with Gasteiger partial charge in [0.15, 0.2) is 11.5 Å². The van der Waals surface area contributed by atoms with Crippen LogP contribution in [0.5, 0.6) is 11.5 Å². The summed E-state index contributed by atoms with van der Waals surface area (Å²) in [6.07, 6.45) is 0.687.